The van der Waals surface area contributed by atoms with Crippen LogP contribution in [-0.4, -0.2) is 62.3 Å². The summed E-state index contributed by atoms with van der Waals surface area (Å²) in [5.41, 5.74) is 0.0279. The lowest BCUT2D eigenvalue weighted by Crippen LogP contribution is -2.46. The van der Waals surface area contributed by atoms with Crippen LogP contribution in [-0.2, 0) is 19.6 Å². The molecule has 0 unspecified atom stereocenters. The molecule has 30 heavy (non-hydrogen) atoms. The molecule has 8 heteroatoms. The Labute approximate surface area is 180 Å². The Bertz CT molecular complexity index is 830. The highest BCUT2D eigenvalue weighted by Gasteiger charge is 2.35. The van der Waals surface area contributed by atoms with Crippen molar-refractivity contribution in [3.8, 4) is 0 Å². The van der Waals surface area contributed by atoms with Gasteiger partial charge in [-0.05, 0) is 45.2 Å². The van der Waals surface area contributed by atoms with Crippen molar-refractivity contribution >= 4 is 21.9 Å². The number of esters is 1. The van der Waals surface area contributed by atoms with E-state index in [9.17, 15) is 18.0 Å². The monoisotopic (exact) mass is 438 g/mol. The molecule has 0 spiro atoms. The van der Waals surface area contributed by atoms with Crippen molar-refractivity contribution in [1.29, 1.82) is 0 Å². The van der Waals surface area contributed by atoms with E-state index in [1.54, 1.807) is 12.1 Å². The minimum Gasteiger partial charge on any atom is -0.465 e. The third kappa shape index (κ3) is 5.60. The molecule has 1 heterocycles. The van der Waals surface area contributed by atoms with Crippen LogP contribution in [0.3, 0.4) is 0 Å². The van der Waals surface area contributed by atoms with E-state index in [0.717, 1.165) is 25.8 Å². The molecule has 0 radical (unpaired) electrons. The van der Waals surface area contributed by atoms with Crippen LogP contribution < -0.4 is 0 Å². The topological polar surface area (TPSA) is 84.0 Å². The highest BCUT2D eigenvalue weighted by atomic mass is 32.2. The van der Waals surface area contributed by atoms with Crippen molar-refractivity contribution < 1.29 is 22.7 Å². The molecule has 0 N–H and O–H groups in total. The van der Waals surface area contributed by atoms with Gasteiger partial charge in [0, 0.05) is 31.6 Å². The minimum absolute atomic E-state index is 0.0279. The first-order chi connectivity index (χ1) is 14.2. The van der Waals surface area contributed by atoms with Crippen LogP contribution in [0.4, 0.5) is 0 Å². The number of hydrogen-bond donors (Lipinski definition) is 0. The number of benzene rings is 1. The smallest absolute Gasteiger partial charge is 0.339 e. The first kappa shape index (κ1) is 24.3. The number of unbranched alkanes of at least 4 members (excludes halogenated alkanes) is 2. The van der Waals surface area contributed by atoms with Crippen molar-refractivity contribution in [2.75, 3.05) is 26.7 Å². The molecule has 1 amide bonds. The maximum Gasteiger partial charge on any atom is 0.339 e. The average molecular weight is 439 g/mol. The lowest BCUT2D eigenvalue weighted by atomic mass is 9.96. The SMILES string of the molecule is CCCCCN(C(=O)C1CCN(S(=O)(=O)c2ccccc2C(=O)OC)CC1)C(C)C. The zero-order valence-electron chi connectivity index (χ0n) is 18.5. The van der Waals surface area contributed by atoms with Gasteiger partial charge in [0.1, 0.15) is 0 Å². The van der Waals surface area contributed by atoms with E-state index in [4.69, 9.17) is 4.74 Å². The Kier molecular flexibility index (Phi) is 8.85. The summed E-state index contributed by atoms with van der Waals surface area (Å²) >= 11 is 0. The van der Waals surface area contributed by atoms with Gasteiger partial charge in [0.2, 0.25) is 15.9 Å². The van der Waals surface area contributed by atoms with E-state index in [-0.39, 0.29) is 41.4 Å². The fourth-order valence-corrected chi connectivity index (χ4v) is 5.49. The molecule has 1 aliphatic heterocycles. The number of hydrogen-bond acceptors (Lipinski definition) is 5. The van der Waals surface area contributed by atoms with Crippen LogP contribution in [0.5, 0.6) is 0 Å². The molecule has 0 aliphatic carbocycles. The molecule has 1 fully saturated rings. The first-order valence-electron chi connectivity index (χ1n) is 10.7. The third-order valence-electron chi connectivity index (χ3n) is 5.62. The van der Waals surface area contributed by atoms with Gasteiger partial charge in [0.25, 0.3) is 0 Å². The van der Waals surface area contributed by atoms with Crippen LogP contribution in [0, 0.1) is 5.92 Å². The van der Waals surface area contributed by atoms with E-state index in [2.05, 4.69) is 6.92 Å². The second kappa shape index (κ2) is 10.9. The molecule has 1 aromatic carbocycles. The lowest BCUT2D eigenvalue weighted by Gasteiger charge is -2.35. The van der Waals surface area contributed by atoms with Crippen LogP contribution in [0.15, 0.2) is 29.2 Å². The number of rotatable bonds is 9. The van der Waals surface area contributed by atoms with Crippen molar-refractivity contribution in [3.63, 3.8) is 0 Å². The maximum atomic E-state index is 13.1. The molecule has 0 atom stereocenters. The van der Waals surface area contributed by atoms with Gasteiger partial charge >= 0.3 is 5.97 Å². The Morgan fingerprint density at radius 1 is 1.17 bits per heavy atom. The van der Waals surface area contributed by atoms with Gasteiger partial charge in [-0.15, -0.1) is 0 Å². The molecule has 1 saturated heterocycles. The zero-order chi connectivity index (χ0) is 22.3. The summed E-state index contributed by atoms with van der Waals surface area (Å²) in [5.74, 6) is -0.733. The Morgan fingerprint density at radius 2 is 1.80 bits per heavy atom. The Hall–Kier alpha value is -1.93. The third-order valence-corrected chi connectivity index (χ3v) is 7.58. The average Bonchev–Trinajstić information content (AvgIpc) is 2.75. The summed E-state index contributed by atoms with van der Waals surface area (Å²) in [4.78, 5) is 26.9. The fourth-order valence-electron chi connectivity index (χ4n) is 3.84. The number of amides is 1. The lowest BCUT2D eigenvalue weighted by molar-refractivity contribution is -0.138. The van der Waals surface area contributed by atoms with Crippen LogP contribution in [0.1, 0.15) is 63.2 Å². The van der Waals surface area contributed by atoms with Gasteiger partial charge in [0.15, 0.2) is 0 Å². The van der Waals surface area contributed by atoms with E-state index in [1.807, 2.05) is 18.7 Å². The molecule has 0 bridgehead atoms. The normalized spacial score (nSPS) is 15.9. The maximum absolute atomic E-state index is 13.1. The molecule has 0 aromatic heterocycles. The van der Waals surface area contributed by atoms with Crippen LogP contribution in [0.25, 0.3) is 0 Å². The second-order valence-electron chi connectivity index (χ2n) is 8.00. The van der Waals surface area contributed by atoms with Crippen LogP contribution in [0.2, 0.25) is 0 Å². The predicted octanol–water partition coefficient (Wildman–Crippen LogP) is 3.30. The molecule has 1 aliphatic rings. The van der Waals surface area contributed by atoms with Crippen molar-refractivity contribution in [1.82, 2.24) is 9.21 Å². The number of piperidine rings is 1. The summed E-state index contributed by atoms with van der Waals surface area (Å²) in [6.45, 7) is 7.44. The zero-order valence-corrected chi connectivity index (χ0v) is 19.3. The Balaban J connectivity index is 2.09. The fraction of sp³-hybridized carbons (Fsp3) is 0.636. The minimum atomic E-state index is -3.84. The summed E-state index contributed by atoms with van der Waals surface area (Å²) in [6, 6.07) is 6.20. The number of carbonyl (C=O) groups is 2. The molecular weight excluding hydrogens is 404 g/mol. The first-order valence-corrected chi connectivity index (χ1v) is 12.2. The summed E-state index contributed by atoms with van der Waals surface area (Å²) < 4.78 is 32.4. The molecule has 0 saturated carbocycles. The van der Waals surface area contributed by atoms with E-state index in [0.29, 0.717) is 12.8 Å². The quantitative estimate of drug-likeness (QED) is 0.436. The highest BCUT2D eigenvalue weighted by molar-refractivity contribution is 7.89. The number of ether oxygens (including phenoxy) is 1. The largest absolute Gasteiger partial charge is 0.465 e. The van der Waals surface area contributed by atoms with Gasteiger partial charge in [-0.1, -0.05) is 31.9 Å². The van der Waals surface area contributed by atoms with Gasteiger partial charge in [-0.25, -0.2) is 13.2 Å². The highest BCUT2D eigenvalue weighted by Crippen LogP contribution is 2.27. The standard InChI is InChI=1S/C22H34N2O5S/c1-5-6-9-14-24(17(2)3)21(25)18-12-15-23(16-13-18)30(27,28)20-11-8-7-10-19(20)22(26)29-4/h7-8,10-11,17-18H,5-6,9,12-16H2,1-4H3. The van der Waals surface area contributed by atoms with Crippen molar-refractivity contribution in [3.05, 3.63) is 29.8 Å². The van der Waals surface area contributed by atoms with E-state index >= 15 is 0 Å². The van der Waals surface area contributed by atoms with E-state index < -0.39 is 16.0 Å². The summed E-state index contributed by atoms with van der Waals surface area (Å²) in [5, 5.41) is 0. The summed E-state index contributed by atoms with van der Waals surface area (Å²) in [7, 11) is -2.62. The molecule has 168 valence electrons. The van der Waals surface area contributed by atoms with Crippen molar-refractivity contribution in [2.45, 2.75) is 63.8 Å². The number of carbonyl (C=O) groups excluding carboxylic acids is 2. The molecule has 1 aromatic rings. The van der Waals surface area contributed by atoms with E-state index in [1.165, 1.54) is 23.5 Å². The predicted molar refractivity (Wildman–Crippen MR) is 116 cm³/mol. The second-order valence-corrected chi connectivity index (χ2v) is 9.90. The van der Waals surface area contributed by atoms with Gasteiger partial charge in [-0.3, -0.25) is 4.79 Å². The molecule has 7 nitrogen and oxygen atoms in total. The number of methoxy groups -OCH3 is 1. The van der Waals surface area contributed by atoms with Gasteiger partial charge in [0.05, 0.1) is 17.6 Å². The van der Waals surface area contributed by atoms with Gasteiger partial charge in [-0.2, -0.15) is 4.31 Å². The number of sulfonamides is 1. The van der Waals surface area contributed by atoms with Crippen LogP contribution >= 0.6 is 0 Å². The Morgan fingerprint density at radius 3 is 2.37 bits per heavy atom. The van der Waals surface area contributed by atoms with Gasteiger partial charge < -0.3 is 9.64 Å². The molecular formula is C22H34N2O5S. The number of nitrogens with zero attached hydrogens (tertiary/aromatic N) is 2. The van der Waals surface area contributed by atoms with Crippen molar-refractivity contribution in [2.24, 2.45) is 5.92 Å². The summed E-state index contributed by atoms with van der Waals surface area (Å²) in [6.07, 6.45) is 4.14. The molecule has 2 rings (SSSR count).